The van der Waals surface area contributed by atoms with E-state index in [1.54, 1.807) is 0 Å². The summed E-state index contributed by atoms with van der Waals surface area (Å²) in [6.45, 7) is 12.2. The van der Waals surface area contributed by atoms with Gasteiger partial charge < -0.3 is 19.6 Å². The Labute approximate surface area is 286 Å². The van der Waals surface area contributed by atoms with E-state index in [0.717, 1.165) is 80.0 Å². The molecule has 1 aromatic rings. The minimum Gasteiger partial charge on any atom is -0.877 e. The molecule has 0 atom stereocenters. The minimum atomic E-state index is -0.339. The number of nitrogens with zero attached hydrogens (tertiary/aromatic N) is 4. The number of esters is 2. The van der Waals surface area contributed by atoms with Crippen LogP contribution in [-0.2, 0) is 42.0 Å². The third kappa shape index (κ3) is 6.61. The standard InChI is InChI=1S/C37H41N4O5.Ni/c1-9-23-19(3)28-15-29-21(5)25(11-13-34(43)45-7)32(39-29)17-33-26(12-14-35(44)46-8)22(6)36(41-33)27(18-42)37-24(10-2)20(4)30(40-37)16-31(23)38-28;/h15-18H,9-14H2,1-8H3,(H-,38,39,40,41,42);/q-1;+2/p-1. The molecule has 1 aromatic heterocycles. The first-order valence-corrected chi connectivity index (χ1v) is 15.7. The molecule has 47 heavy (non-hydrogen) atoms. The SMILES string of the molecule is CCC1=C(C)C2=NC1=Cc1[n-]c(c(CC)c1C)/C(=C\[O-])C1=NC(=CC3=NC(=C2)C(C)=C3CCC(=O)OC)C(CCC(=O)OC)=C1C.[Ni+2]. The maximum absolute atomic E-state index is 12.9. The fourth-order valence-corrected chi connectivity index (χ4v) is 6.51. The van der Waals surface area contributed by atoms with Gasteiger partial charge in [0.15, 0.2) is 0 Å². The van der Waals surface area contributed by atoms with Crippen molar-refractivity contribution in [1.29, 1.82) is 0 Å². The molecule has 9 nitrogen and oxygen atoms in total. The average molecular weight is 679 g/mol. The van der Waals surface area contributed by atoms with Crippen LogP contribution < -0.4 is 10.1 Å². The number of ether oxygens (including phenoxy) is 2. The van der Waals surface area contributed by atoms with E-state index in [0.29, 0.717) is 47.6 Å². The zero-order valence-electron chi connectivity index (χ0n) is 28.2. The van der Waals surface area contributed by atoms with Crippen LogP contribution in [0.5, 0.6) is 0 Å². The van der Waals surface area contributed by atoms with Crippen molar-refractivity contribution >= 4 is 40.7 Å². The van der Waals surface area contributed by atoms with E-state index >= 15 is 0 Å². The van der Waals surface area contributed by atoms with E-state index in [4.69, 9.17) is 29.4 Å². The number of allylic oxidation sites excluding steroid dienone is 9. The Hall–Kier alpha value is -4.30. The summed E-state index contributed by atoms with van der Waals surface area (Å²) in [6, 6.07) is 0. The van der Waals surface area contributed by atoms with E-state index in [1.165, 1.54) is 14.2 Å². The summed E-state index contributed by atoms with van der Waals surface area (Å²) < 4.78 is 9.88. The number of methoxy groups -OCH3 is 2. The first kappa shape index (κ1) is 35.6. The molecule has 0 amide bonds. The van der Waals surface area contributed by atoms with Crippen molar-refractivity contribution < 1.29 is 40.7 Å². The van der Waals surface area contributed by atoms with Gasteiger partial charge in [-0.1, -0.05) is 31.1 Å². The van der Waals surface area contributed by atoms with Crippen molar-refractivity contribution in [2.45, 2.75) is 80.1 Å². The van der Waals surface area contributed by atoms with Crippen LogP contribution >= 0.6 is 0 Å². The first-order chi connectivity index (χ1) is 22.1. The average Bonchev–Trinajstić information content (AvgIpc) is 3.72. The summed E-state index contributed by atoms with van der Waals surface area (Å²) in [5.41, 5.74) is 13.7. The number of hydrogen-bond acceptors (Lipinski definition) is 8. The van der Waals surface area contributed by atoms with Crippen molar-refractivity contribution in [3.05, 3.63) is 91.5 Å². The normalized spacial score (nSPS) is 18.1. The van der Waals surface area contributed by atoms with E-state index in [2.05, 4.69) is 20.8 Å². The molecule has 0 N–H and O–H groups in total. The van der Waals surface area contributed by atoms with Crippen LogP contribution in [-0.4, -0.2) is 43.3 Å². The number of hydrogen-bond donors (Lipinski definition) is 0. The molecule has 4 aliphatic heterocycles. The van der Waals surface area contributed by atoms with Crippen LogP contribution in [0.3, 0.4) is 0 Å². The van der Waals surface area contributed by atoms with Gasteiger partial charge in [0.2, 0.25) is 0 Å². The summed E-state index contributed by atoms with van der Waals surface area (Å²) in [5, 5.41) is 12.9. The summed E-state index contributed by atoms with van der Waals surface area (Å²) in [6.07, 6.45) is 9.36. The quantitative estimate of drug-likeness (QED) is 0.190. The van der Waals surface area contributed by atoms with Crippen molar-refractivity contribution in [3.8, 4) is 0 Å². The fraction of sp³-hybridized carbons (Fsp3) is 0.378. The zero-order valence-corrected chi connectivity index (χ0v) is 29.2. The molecule has 0 saturated carbocycles. The van der Waals surface area contributed by atoms with Gasteiger partial charge in [-0.05, 0) is 105 Å². The van der Waals surface area contributed by atoms with Gasteiger partial charge in [0, 0.05) is 12.8 Å². The number of aliphatic imine (C=N–C) groups is 3. The molecule has 0 aliphatic carbocycles. The van der Waals surface area contributed by atoms with Crippen LogP contribution in [0.4, 0.5) is 0 Å². The largest absolute Gasteiger partial charge is 2.00 e. The van der Waals surface area contributed by atoms with Crippen molar-refractivity contribution in [2.75, 3.05) is 14.2 Å². The first-order valence-electron chi connectivity index (χ1n) is 15.7. The summed E-state index contributed by atoms with van der Waals surface area (Å²) in [4.78, 5) is 44.6. The maximum atomic E-state index is 12.9. The maximum Gasteiger partial charge on any atom is 2.00 e. The Balaban J connectivity index is 0.00000500. The van der Waals surface area contributed by atoms with Gasteiger partial charge in [0.1, 0.15) is 0 Å². The van der Waals surface area contributed by atoms with Gasteiger partial charge in [0.25, 0.3) is 0 Å². The van der Waals surface area contributed by atoms with Crippen LogP contribution in [0.2, 0.25) is 0 Å². The second-order valence-electron chi connectivity index (χ2n) is 11.7. The van der Waals surface area contributed by atoms with Crippen LogP contribution in [0.1, 0.15) is 89.2 Å². The number of carbonyl (C=O) groups excluding carboxylic acids is 2. The second kappa shape index (κ2) is 14.6. The Morgan fingerprint density at radius 1 is 0.766 bits per heavy atom. The van der Waals surface area contributed by atoms with Crippen molar-refractivity contribution in [1.82, 2.24) is 4.98 Å². The van der Waals surface area contributed by atoms with Gasteiger partial charge in [-0.25, -0.2) is 15.0 Å². The molecule has 248 valence electrons. The molecule has 0 saturated heterocycles. The van der Waals surface area contributed by atoms with Crippen LogP contribution in [0.15, 0.2) is 83.9 Å². The molecule has 0 unspecified atom stereocenters. The zero-order chi connectivity index (χ0) is 33.3. The predicted molar refractivity (Wildman–Crippen MR) is 179 cm³/mol. The molecule has 0 aromatic carbocycles. The molecule has 0 radical (unpaired) electrons. The molecule has 8 bridgehead atoms. The van der Waals surface area contributed by atoms with Gasteiger partial charge in [0.05, 0.1) is 48.4 Å². The third-order valence-corrected chi connectivity index (χ3v) is 9.25. The minimum absolute atomic E-state index is 0. The fourth-order valence-electron chi connectivity index (χ4n) is 6.51. The molecular weight excluding hydrogens is 639 g/mol. The number of rotatable bonds is 8. The van der Waals surface area contributed by atoms with Gasteiger partial charge in [-0.3, -0.25) is 9.59 Å². The van der Waals surface area contributed by atoms with E-state index in [1.807, 2.05) is 39.0 Å². The Kier molecular flexibility index (Phi) is 11.1. The van der Waals surface area contributed by atoms with Crippen LogP contribution in [0.25, 0.3) is 11.6 Å². The molecule has 5 heterocycles. The predicted octanol–water partition coefficient (Wildman–Crippen LogP) is 5.97. The topological polar surface area (TPSA) is 127 Å². The van der Waals surface area contributed by atoms with E-state index < -0.39 is 0 Å². The van der Waals surface area contributed by atoms with Crippen molar-refractivity contribution in [2.24, 2.45) is 15.0 Å². The summed E-state index contributed by atoms with van der Waals surface area (Å²) >= 11 is 0. The van der Waals surface area contributed by atoms with Crippen LogP contribution in [0, 0.1) is 6.92 Å². The second-order valence-corrected chi connectivity index (χ2v) is 11.7. The van der Waals surface area contributed by atoms with Gasteiger partial charge in [-0.15, -0.1) is 17.6 Å². The number of fused-ring (bicyclic) bond motifs is 5. The third-order valence-electron chi connectivity index (χ3n) is 9.25. The summed E-state index contributed by atoms with van der Waals surface area (Å²) in [7, 11) is 2.74. The number of carbonyl (C=O) groups is 2. The molecule has 4 aliphatic rings. The van der Waals surface area contributed by atoms with E-state index in [-0.39, 0.29) is 41.3 Å². The molecule has 10 heteroatoms. The van der Waals surface area contributed by atoms with Crippen molar-refractivity contribution in [3.63, 3.8) is 0 Å². The Morgan fingerprint density at radius 3 is 1.96 bits per heavy atom. The van der Waals surface area contributed by atoms with Gasteiger partial charge >= 0.3 is 28.4 Å². The molecule has 0 spiro atoms. The Bertz CT molecular complexity index is 1850. The molecule has 0 fully saturated rings. The molecule has 5 rings (SSSR count). The van der Waals surface area contributed by atoms with Gasteiger partial charge in [-0.2, -0.15) is 0 Å². The smallest absolute Gasteiger partial charge is 0.877 e. The van der Waals surface area contributed by atoms with E-state index in [9.17, 15) is 14.7 Å². The monoisotopic (exact) mass is 678 g/mol. The number of aromatic nitrogens is 1. The summed E-state index contributed by atoms with van der Waals surface area (Å²) in [5.74, 6) is -0.650. The Morgan fingerprint density at radius 2 is 1.36 bits per heavy atom. The molecular formula is C37H40N4NiO5.